The van der Waals surface area contributed by atoms with Crippen molar-refractivity contribution in [2.75, 3.05) is 0 Å². The number of benzene rings is 2. The summed E-state index contributed by atoms with van der Waals surface area (Å²) < 4.78 is 6.89. The van der Waals surface area contributed by atoms with E-state index in [2.05, 4.69) is 9.97 Å². The number of hydrogen-bond acceptors (Lipinski definition) is 5. The van der Waals surface area contributed by atoms with Crippen LogP contribution < -0.4 is 5.56 Å². The highest BCUT2D eigenvalue weighted by atomic mass is 16.5. The molecule has 0 radical (unpaired) electrons. The Hall–Kier alpha value is -4.20. The average molecular weight is 403 g/mol. The molecule has 0 fully saturated rings. The molecule has 2 aromatic carbocycles. The molecule has 0 saturated carbocycles. The van der Waals surface area contributed by atoms with Crippen LogP contribution in [-0.4, -0.2) is 31.6 Å². The zero-order valence-corrected chi connectivity index (χ0v) is 15.7. The van der Waals surface area contributed by atoms with Gasteiger partial charge in [0.2, 0.25) is 0 Å². The second-order valence-corrected chi connectivity index (χ2v) is 6.74. The number of esters is 1. The highest BCUT2D eigenvalue weighted by molar-refractivity contribution is 5.94. The first-order chi connectivity index (χ1) is 14.5. The number of rotatable bonds is 6. The number of nitrogens with one attached hydrogen (secondary N) is 1. The number of ether oxygens (including phenoxy) is 1. The molecule has 0 aliphatic heterocycles. The van der Waals surface area contributed by atoms with E-state index in [0.29, 0.717) is 28.5 Å². The van der Waals surface area contributed by atoms with Gasteiger partial charge in [0.15, 0.2) is 6.73 Å². The van der Waals surface area contributed by atoms with Crippen molar-refractivity contribution in [2.24, 2.45) is 0 Å². The minimum absolute atomic E-state index is 0.0556. The maximum atomic E-state index is 12.4. The van der Waals surface area contributed by atoms with Gasteiger partial charge in [-0.2, -0.15) is 0 Å². The fourth-order valence-electron chi connectivity index (χ4n) is 3.07. The SMILES string of the molecule is O=C(O)c1ccc(Cc2cc3cc(C(=O)OCn4ccnc4)ccc3[nH]c2=O)cc1. The second-order valence-electron chi connectivity index (χ2n) is 6.74. The summed E-state index contributed by atoms with van der Waals surface area (Å²) in [5.74, 6) is -1.49. The van der Waals surface area contributed by atoms with Crippen LogP contribution >= 0.6 is 0 Å². The van der Waals surface area contributed by atoms with Crippen LogP contribution in [0.1, 0.15) is 31.8 Å². The molecule has 8 heteroatoms. The molecule has 0 aliphatic rings. The molecule has 4 aromatic rings. The number of hydrogen-bond donors (Lipinski definition) is 2. The van der Waals surface area contributed by atoms with Crippen molar-refractivity contribution in [2.45, 2.75) is 13.2 Å². The molecule has 0 bridgehead atoms. The van der Waals surface area contributed by atoms with Crippen molar-refractivity contribution in [1.29, 1.82) is 0 Å². The summed E-state index contributed by atoms with van der Waals surface area (Å²) in [6, 6.07) is 13.0. The lowest BCUT2D eigenvalue weighted by atomic mass is 10.0. The summed E-state index contributed by atoms with van der Waals surface area (Å²) in [4.78, 5) is 42.4. The highest BCUT2D eigenvalue weighted by Crippen LogP contribution is 2.17. The minimum Gasteiger partial charge on any atom is -0.478 e. The number of carbonyl (C=O) groups excluding carboxylic acids is 1. The average Bonchev–Trinajstić information content (AvgIpc) is 3.26. The predicted molar refractivity (Wildman–Crippen MR) is 108 cm³/mol. The molecular weight excluding hydrogens is 386 g/mol. The van der Waals surface area contributed by atoms with Gasteiger partial charge in [0.25, 0.3) is 5.56 Å². The van der Waals surface area contributed by atoms with E-state index in [4.69, 9.17) is 9.84 Å². The number of pyridine rings is 1. The van der Waals surface area contributed by atoms with Gasteiger partial charge in [0.05, 0.1) is 17.5 Å². The first-order valence-electron chi connectivity index (χ1n) is 9.10. The summed E-state index contributed by atoms with van der Waals surface area (Å²) in [7, 11) is 0. The Kier molecular flexibility index (Phi) is 5.13. The molecule has 0 atom stereocenters. The molecule has 4 rings (SSSR count). The van der Waals surface area contributed by atoms with Crippen LogP contribution in [0, 0.1) is 0 Å². The van der Waals surface area contributed by atoms with Gasteiger partial charge in [0, 0.05) is 29.9 Å². The first-order valence-corrected chi connectivity index (χ1v) is 9.10. The number of aromatic carboxylic acids is 1. The maximum Gasteiger partial charge on any atom is 0.339 e. The molecule has 2 heterocycles. The van der Waals surface area contributed by atoms with Crippen molar-refractivity contribution in [3.8, 4) is 0 Å². The van der Waals surface area contributed by atoms with Gasteiger partial charge in [-0.1, -0.05) is 12.1 Å². The number of nitrogens with zero attached hydrogens (tertiary/aromatic N) is 2. The standard InChI is InChI=1S/C22H17N3O5/c26-20-18(9-14-1-3-15(4-2-14)21(27)28)11-17-10-16(5-6-19(17)24-20)22(29)30-13-25-8-7-23-12-25/h1-8,10-12H,9,13H2,(H,24,26)(H,27,28). The van der Waals surface area contributed by atoms with Crippen molar-refractivity contribution < 1.29 is 19.4 Å². The molecule has 0 unspecified atom stereocenters. The van der Waals surface area contributed by atoms with Crippen LogP contribution in [0.2, 0.25) is 0 Å². The van der Waals surface area contributed by atoms with Gasteiger partial charge in [-0.05, 0) is 47.3 Å². The molecule has 2 aromatic heterocycles. The van der Waals surface area contributed by atoms with Crippen molar-refractivity contribution in [3.05, 3.63) is 99.9 Å². The maximum absolute atomic E-state index is 12.4. The van der Waals surface area contributed by atoms with Gasteiger partial charge >= 0.3 is 11.9 Å². The van der Waals surface area contributed by atoms with Crippen LogP contribution in [0.3, 0.4) is 0 Å². The van der Waals surface area contributed by atoms with Crippen LogP contribution in [0.5, 0.6) is 0 Å². The molecule has 0 aliphatic carbocycles. The number of imidazole rings is 1. The van der Waals surface area contributed by atoms with E-state index in [1.807, 2.05) is 0 Å². The van der Waals surface area contributed by atoms with Crippen LogP contribution in [-0.2, 0) is 17.9 Å². The Balaban J connectivity index is 1.57. The summed E-state index contributed by atoms with van der Waals surface area (Å²) >= 11 is 0. The number of aromatic nitrogens is 3. The lowest BCUT2D eigenvalue weighted by Gasteiger charge is -2.08. The summed E-state index contributed by atoms with van der Waals surface area (Å²) in [5, 5.41) is 9.69. The van der Waals surface area contributed by atoms with Gasteiger partial charge in [-0.3, -0.25) is 4.79 Å². The van der Waals surface area contributed by atoms with E-state index >= 15 is 0 Å². The molecular formula is C22H17N3O5. The molecule has 8 nitrogen and oxygen atoms in total. The Bertz CT molecular complexity index is 1270. The molecule has 0 spiro atoms. The van der Waals surface area contributed by atoms with E-state index in [1.54, 1.807) is 59.7 Å². The van der Waals surface area contributed by atoms with Gasteiger partial charge < -0.3 is 19.4 Å². The zero-order valence-electron chi connectivity index (χ0n) is 15.7. The third-order valence-electron chi connectivity index (χ3n) is 4.66. The Labute approximate surface area is 170 Å². The third-order valence-corrected chi connectivity index (χ3v) is 4.66. The Morgan fingerprint density at radius 2 is 1.83 bits per heavy atom. The van der Waals surface area contributed by atoms with Gasteiger partial charge in [-0.15, -0.1) is 0 Å². The van der Waals surface area contributed by atoms with Crippen LogP contribution in [0.15, 0.2) is 72.0 Å². The van der Waals surface area contributed by atoms with Gasteiger partial charge in [-0.25, -0.2) is 14.6 Å². The monoisotopic (exact) mass is 403 g/mol. The van der Waals surface area contributed by atoms with E-state index in [0.717, 1.165) is 5.56 Å². The fourth-order valence-corrected chi connectivity index (χ4v) is 3.07. The van der Waals surface area contributed by atoms with Crippen LogP contribution in [0.4, 0.5) is 0 Å². The van der Waals surface area contributed by atoms with E-state index in [9.17, 15) is 14.4 Å². The number of H-pyrrole nitrogens is 1. The zero-order chi connectivity index (χ0) is 21.1. The summed E-state index contributed by atoms with van der Waals surface area (Å²) in [6.45, 7) is 0.0556. The fraction of sp³-hybridized carbons (Fsp3) is 0.0909. The first kappa shape index (κ1) is 19.1. The lowest BCUT2D eigenvalue weighted by Crippen LogP contribution is -2.13. The summed E-state index contributed by atoms with van der Waals surface area (Å²) in [6.07, 6.45) is 5.17. The Morgan fingerprint density at radius 1 is 1.07 bits per heavy atom. The smallest absolute Gasteiger partial charge is 0.339 e. The largest absolute Gasteiger partial charge is 0.478 e. The molecule has 150 valence electrons. The van der Waals surface area contributed by atoms with Crippen molar-refractivity contribution in [1.82, 2.24) is 14.5 Å². The number of carboxylic acid groups (broad SMARTS) is 1. The normalized spacial score (nSPS) is 10.8. The Morgan fingerprint density at radius 3 is 2.53 bits per heavy atom. The van der Waals surface area contributed by atoms with Crippen molar-refractivity contribution in [3.63, 3.8) is 0 Å². The molecule has 0 amide bonds. The molecule has 2 N–H and O–H groups in total. The van der Waals surface area contributed by atoms with Gasteiger partial charge in [0.1, 0.15) is 0 Å². The minimum atomic E-state index is -1.00. The topological polar surface area (TPSA) is 114 Å². The van der Waals surface area contributed by atoms with E-state index < -0.39 is 11.9 Å². The highest BCUT2D eigenvalue weighted by Gasteiger charge is 2.11. The van der Waals surface area contributed by atoms with E-state index in [1.165, 1.54) is 12.1 Å². The second kappa shape index (κ2) is 8.04. The van der Waals surface area contributed by atoms with E-state index in [-0.39, 0.29) is 17.9 Å². The van der Waals surface area contributed by atoms with Crippen LogP contribution in [0.25, 0.3) is 10.9 Å². The number of carbonyl (C=O) groups is 2. The quantitative estimate of drug-likeness (QED) is 0.479. The number of fused-ring (bicyclic) bond motifs is 1. The predicted octanol–water partition coefficient (Wildman–Crippen LogP) is 2.83. The molecule has 30 heavy (non-hydrogen) atoms. The lowest BCUT2D eigenvalue weighted by molar-refractivity contribution is 0.0372. The number of carboxylic acids is 1. The summed E-state index contributed by atoms with van der Waals surface area (Å²) in [5.41, 5.74) is 2.24. The number of aromatic amines is 1. The molecule has 0 saturated heterocycles. The van der Waals surface area contributed by atoms with Crippen molar-refractivity contribution >= 4 is 22.8 Å². The third kappa shape index (κ3) is 4.12.